The Hall–Kier alpha value is -0.930. The van der Waals surface area contributed by atoms with Gasteiger partial charge in [0.1, 0.15) is 0 Å². The van der Waals surface area contributed by atoms with Crippen LogP contribution in [-0.4, -0.2) is 55.6 Å². The summed E-state index contributed by atoms with van der Waals surface area (Å²) in [6.45, 7) is 3.41. The first-order chi connectivity index (χ1) is 7.68. The summed E-state index contributed by atoms with van der Waals surface area (Å²) in [7, 11) is 6.42. The van der Waals surface area contributed by atoms with Crippen LogP contribution in [0.15, 0.2) is 24.4 Å². The Balaban J connectivity index is 2.13. The van der Waals surface area contributed by atoms with Crippen molar-refractivity contribution in [1.82, 2.24) is 14.8 Å². The molecule has 16 heavy (non-hydrogen) atoms. The van der Waals surface area contributed by atoms with Gasteiger partial charge in [0.05, 0.1) is 0 Å². The van der Waals surface area contributed by atoms with E-state index in [1.807, 2.05) is 18.3 Å². The van der Waals surface area contributed by atoms with Crippen molar-refractivity contribution in [3.8, 4) is 0 Å². The average Bonchev–Trinajstić information content (AvgIpc) is 2.27. The van der Waals surface area contributed by atoms with Gasteiger partial charge in [0, 0.05) is 24.9 Å². The van der Waals surface area contributed by atoms with Crippen LogP contribution >= 0.6 is 0 Å². The highest BCUT2D eigenvalue weighted by Gasteiger charge is 2.00. The fourth-order valence-corrected chi connectivity index (χ4v) is 1.62. The third kappa shape index (κ3) is 5.83. The molecule has 0 aromatic carbocycles. The van der Waals surface area contributed by atoms with E-state index >= 15 is 0 Å². The van der Waals surface area contributed by atoms with E-state index in [0.717, 1.165) is 26.1 Å². The standard InChI is InChI=1S/C13H23N3/c1-15(2)10-6-11-16(3)12-8-13-7-4-5-9-14-13/h4-5,7,9H,6,8,10-12H2,1-3H3. The van der Waals surface area contributed by atoms with Gasteiger partial charge in [-0.05, 0) is 52.8 Å². The number of aromatic nitrogens is 1. The van der Waals surface area contributed by atoms with E-state index in [0.29, 0.717) is 0 Å². The van der Waals surface area contributed by atoms with E-state index in [1.165, 1.54) is 12.1 Å². The van der Waals surface area contributed by atoms with Gasteiger partial charge in [0.25, 0.3) is 0 Å². The predicted molar refractivity (Wildman–Crippen MR) is 68.6 cm³/mol. The number of hydrogen-bond donors (Lipinski definition) is 0. The molecule has 1 rings (SSSR count). The Labute approximate surface area is 99.1 Å². The van der Waals surface area contributed by atoms with Gasteiger partial charge in [-0.1, -0.05) is 6.07 Å². The smallest absolute Gasteiger partial charge is 0.0416 e. The van der Waals surface area contributed by atoms with Crippen molar-refractivity contribution in [2.24, 2.45) is 0 Å². The topological polar surface area (TPSA) is 19.4 Å². The zero-order chi connectivity index (χ0) is 11.8. The van der Waals surface area contributed by atoms with Gasteiger partial charge in [-0.25, -0.2) is 0 Å². The van der Waals surface area contributed by atoms with Crippen LogP contribution < -0.4 is 0 Å². The monoisotopic (exact) mass is 221 g/mol. The summed E-state index contributed by atoms with van der Waals surface area (Å²) >= 11 is 0. The van der Waals surface area contributed by atoms with Crippen molar-refractivity contribution in [2.45, 2.75) is 12.8 Å². The lowest BCUT2D eigenvalue weighted by atomic mass is 10.2. The van der Waals surface area contributed by atoms with Gasteiger partial charge in [0.2, 0.25) is 0 Å². The average molecular weight is 221 g/mol. The van der Waals surface area contributed by atoms with Crippen molar-refractivity contribution in [3.63, 3.8) is 0 Å². The second-order valence-corrected chi connectivity index (χ2v) is 4.53. The van der Waals surface area contributed by atoms with Gasteiger partial charge in [-0.15, -0.1) is 0 Å². The third-order valence-corrected chi connectivity index (χ3v) is 2.62. The third-order valence-electron chi connectivity index (χ3n) is 2.62. The van der Waals surface area contributed by atoms with Crippen LogP contribution in [0.2, 0.25) is 0 Å². The maximum atomic E-state index is 4.32. The maximum Gasteiger partial charge on any atom is 0.0416 e. The molecule has 0 atom stereocenters. The molecule has 3 nitrogen and oxygen atoms in total. The molecule has 1 heterocycles. The second kappa shape index (κ2) is 7.36. The van der Waals surface area contributed by atoms with Crippen LogP contribution in [0.25, 0.3) is 0 Å². The minimum Gasteiger partial charge on any atom is -0.309 e. The normalized spacial score (nSPS) is 11.3. The van der Waals surface area contributed by atoms with Crippen LogP contribution in [0, 0.1) is 0 Å². The molecule has 1 aromatic heterocycles. The molecule has 0 spiro atoms. The van der Waals surface area contributed by atoms with Crippen LogP contribution in [0.4, 0.5) is 0 Å². The maximum absolute atomic E-state index is 4.32. The highest BCUT2D eigenvalue weighted by molar-refractivity contribution is 5.03. The summed E-state index contributed by atoms with van der Waals surface area (Å²) in [6.07, 6.45) is 4.13. The molecule has 0 unspecified atom stereocenters. The van der Waals surface area contributed by atoms with Crippen molar-refractivity contribution >= 4 is 0 Å². The largest absolute Gasteiger partial charge is 0.309 e. The van der Waals surface area contributed by atoms with E-state index < -0.39 is 0 Å². The molecule has 3 heteroatoms. The first kappa shape index (κ1) is 13.1. The lowest BCUT2D eigenvalue weighted by molar-refractivity contribution is 0.302. The Kier molecular flexibility index (Phi) is 6.04. The van der Waals surface area contributed by atoms with Crippen molar-refractivity contribution in [1.29, 1.82) is 0 Å². The zero-order valence-corrected chi connectivity index (χ0v) is 10.7. The second-order valence-electron chi connectivity index (χ2n) is 4.53. The van der Waals surface area contributed by atoms with E-state index in [-0.39, 0.29) is 0 Å². The lowest BCUT2D eigenvalue weighted by Gasteiger charge is -2.17. The molecule has 0 saturated heterocycles. The molecule has 0 fully saturated rings. The molecule has 0 saturated carbocycles. The van der Waals surface area contributed by atoms with Crippen LogP contribution in [-0.2, 0) is 6.42 Å². The fourth-order valence-electron chi connectivity index (χ4n) is 1.62. The number of pyridine rings is 1. The van der Waals surface area contributed by atoms with Gasteiger partial charge < -0.3 is 9.80 Å². The minimum atomic E-state index is 1.04. The van der Waals surface area contributed by atoms with E-state index in [4.69, 9.17) is 0 Å². The Morgan fingerprint density at radius 2 is 1.88 bits per heavy atom. The molecule has 0 amide bonds. The van der Waals surface area contributed by atoms with E-state index in [2.05, 4.69) is 42.0 Å². The molecule has 0 aliphatic rings. The van der Waals surface area contributed by atoms with Crippen LogP contribution in [0.3, 0.4) is 0 Å². The summed E-state index contributed by atoms with van der Waals surface area (Å²) in [4.78, 5) is 8.93. The first-order valence-corrected chi connectivity index (χ1v) is 5.91. The first-order valence-electron chi connectivity index (χ1n) is 5.91. The molecule has 0 bridgehead atoms. The summed E-state index contributed by atoms with van der Waals surface area (Å²) in [6, 6.07) is 6.10. The Morgan fingerprint density at radius 1 is 1.06 bits per heavy atom. The Bertz CT molecular complexity index is 272. The molecule has 0 aliphatic heterocycles. The quantitative estimate of drug-likeness (QED) is 0.696. The van der Waals surface area contributed by atoms with Crippen molar-refractivity contribution < 1.29 is 0 Å². The number of rotatable bonds is 7. The summed E-state index contributed by atoms with van der Waals surface area (Å²) in [5.41, 5.74) is 1.18. The number of hydrogen-bond acceptors (Lipinski definition) is 3. The lowest BCUT2D eigenvalue weighted by Crippen LogP contribution is -2.25. The molecular weight excluding hydrogens is 198 g/mol. The van der Waals surface area contributed by atoms with Crippen molar-refractivity contribution in [2.75, 3.05) is 40.8 Å². The highest BCUT2D eigenvalue weighted by Crippen LogP contribution is 1.97. The SMILES string of the molecule is CN(C)CCCN(C)CCc1ccccn1. The number of likely N-dealkylation sites (N-methyl/N-ethyl adjacent to an activating group) is 1. The highest BCUT2D eigenvalue weighted by atomic mass is 15.1. The van der Waals surface area contributed by atoms with Gasteiger partial charge in [-0.3, -0.25) is 4.98 Å². The van der Waals surface area contributed by atoms with Gasteiger partial charge in [0.15, 0.2) is 0 Å². The molecular formula is C13H23N3. The minimum absolute atomic E-state index is 1.04. The number of nitrogens with zero attached hydrogens (tertiary/aromatic N) is 3. The zero-order valence-electron chi connectivity index (χ0n) is 10.7. The van der Waals surface area contributed by atoms with E-state index in [1.54, 1.807) is 0 Å². The molecule has 90 valence electrons. The van der Waals surface area contributed by atoms with E-state index in [9.17, 15) is 0 Å². The van der Waals surface area contributed by atoms with Crippen LogP contribution in [0.1, 0.15) is 12.1 Å². The summed E-state index contributed by atoms with van der Waals surface area (Å²) in [5, 5.41) is 0. The van der Waals surface area contributed by atoms with Gasteiger partial charge in [-0.2, -0.15) is 0 Å². The van der Waals surface area contributed by atoms with Crippen LogP contribution in [0.5, 0.6) is 0 Å². The summed E-state index contributed by atoms with van der Waals surface area (Å²) in [5.74, 6) is 0. The van der Waals surface area contributed by atoms with Crippen molar-refractivity contribution in [3.05, 3.63) is 30.1 Å². The molecule has 0 N–H and O–H groups in total. The predicted octanol–water partition coefficient (Wildman–Crippen LogP) is 1.51. The molecule has 0 aliphatic carbocycles. The fraction of sp³-hybridized carbons (Fsp3) is 0.615. The summed E-state index contributed by atoms with van der Waals surface area (Å²) < 4.78 is 0. The molecule has 1 aromatic rings. The van der Waals surface area contributed by atoms with Gasteiger partial charge >= 0.3 is 0 Å². The Morgan fingerprint density at radius 3 is 2.50 bits per heavy atom. The molecule has 0 radical (unpaired) electrons.